The standard InChI is InChI=1S/C10H19NO2/c1-10(2)4-6-11(7-5-10)9(13)3-8-12/h12H,3-8H2,1-2H3. The summed E-state index contributed by atoms with van der Waals surface area (Å²) in [4.78, 5) is 13.2. The van der Waals surface area contributed by atoms with E-state index in [9.17, 15) is 4.79 Å². The second kappa shape index (κ2) is 4.09. The minimum Gasteiger partial charge on any atom is -0.396 e. The Morgan fingerprint density at radius 1 is 1.38 bits per heavy atom. The molecular weight excluding hydrogens is 166 g/mol. The van der Waals surface area contributed by atoms with E-state index >= 15 is 0 Å². The molecule has 1 fully saturated rings. The Bertz CT molecular complexity index is 179. The van der Waals surface area contributed by atoms with Crippen LogP contribution in [0.3, 0.4) is 0 Å². The first-order valence-corrected chi connectivity index (χ1v) is 4.94. The molecule has 0 aromatic heterocycles. The molecule has 0 aromatic carbocycles. The molecule has 13 heavy (non-hydrogen) atoms. The molecule has 0 atom stereocenters. The summed E-state index contributed by atoms with van der Waals surface area (Å²) < 4.78 is 0. The molecule has 1 saturated heterocycles. The number of hydrogen-bond acceptors (Lipinski definition) is 2. The molecule has 0 aromatic rings. The van der Waals surface area contributed by atoms with Gasteiger partial charge in [0.15, 0.2) is 0 Å². The molecule has 0 saturated carbocycles. The highest BCUT2D eigenvalue weighted by Crippen LogP contribution is 2.29. The Balaban J connectivity index is 2.36. The third-order valence-electron chi connectivity index (χ3n) is 2.80. The number of piperidine rings is 1. The number of aliphatic hydroxyl groups excluding tert-OH is 1. The van der Waals surface area contributed by atoms with Crippen molar-refractivity contribution in [2.24, 2.45) is 5.41 Å². The number of carbonyl (C=O) groups excluding carboxylic acids is 1. The van der Waals surface area contributed by atoms with Gasteiger partial charge in [-0.05, 0) is 18.3 Å². The highest BCUT2D eigenvalue weighted by Gasteiger charge is 2.27. The van der Waals surface area contributed by atoms with E-state index in [1.165, 1.54) is 0 Å². The Morgan fingerprint density at radius 3 is 2.38 bits per heavy atom. The number of aliphatic hydroxyl groups is 1. The molecule has 0 radical (unpaired) electrons. The van der Waals surface area contributed by atoms with Crippen molar-refractivity contribution in [3.05, 3.63) is 0 Å². The average Bonchev–Trinajstić information content (AvgIpc) is 2.04. The summed E-state index contributed by atoms with van der Waals surface area (Å²) in [6.45, 7) is 6.15. The monoisotopic (exact) mass is 185 g/mol. The first-order valence-electron chi connectivity index (χ1n) is 4.94. The van der Waals surface area contributed by atoms with E-state index in [4.69, 9.17) is 5.11 Å². The quantitative estimate of drug-likeness (QED) is 0.697. The van der Waals surface area contributed by atoms with Crippen molar-refractivity contribution in [1.82, 2.24) is 4.90 Å². The van der Waals surface area contributed by atoms with E-state index < -0.39 is 0 Å². The maximum atomic E-state index is 11.4. The van der Waals surface area contributed by atoms with Crippen LogP contribution in [-0.2, 0) is 4.79 Å². The lowest BCUT2D eigenvalue weighted by atomic mass is 9.82. The van der Waals surface area contributed by atoms with Crippen LogP contribution in [0.25, 0.3) is 0 Å². The summed E-state index contributed by atoms with van der Waals surface area (Å²) in [5, 5.41) is 8.62. The van der Waals surface area contributed by atoms with Gasteiger partial charge in [0.1, 0.15) is 0 Å². The van der Waals surface area contributed by atoms with Crippen LogP contribution in [0.1, 0.15) is 33.1 Å². The van der Waals surface area contributed by atoms with E-state index in [-0.39, 0.29) is 18.9 Å². The Kier molecular flexibility index (Phi) is 3.31. The lowest BCUT2D eigenvalue weighted by Crippen LogP contribution is -2.41. The topological polar surface area (TPSA) is 40.5 Å². The van der Waals surface area contributed by atoms with Crippen LogP contribution in [0, 0.1) is 5.41 Å². The number of carbonyl (C=O) groups is 1. The molecule has 1 aliphatic heterocycles. The van der Waals surface area contributed by atoms with Gasteiger partial charge in [0.2, 0.25) is 5.91 Å². The third-order valence-corrected chi connectivity index (χ3v) is 2.80. The largest absolute Gasteiger partial charge is 0.396 e. The average molecular weight is 185 g/mol. The second-order valence-corrected chi connectivity index (χ2v) is 4.52. The SMILES string of the molecule is CC1(C)CCN(C(=O)CCO)CC1. The van der Waals surface area contributed by atoms with Crippen molar-refractivity contribution in [1.29, 1.82) is 0 Å². The molecule has 1 heterocycles. The zero-order valence-electron chi connectivity index (χ0n) is 8.55. The highest BCUT2D eigenvalue weighted by atomic mass is 16.3. The van der Waals surface area contributed by atoms with Gasteiger partial charge in [0, 0.05) is 19.5 Å². The molecule has 0 aliphatic carbocycles. The number of nitrogens with zero attached hydrogens (tertiary/aromatic N) is 1. The fourth-order valence-electron chi connectivity index (χ4n) is 1.62. The van der Waals surface area contributed by atoms with Gasteiger partial charge >= 0.3 is 0 Å². The van der Waals surface area contributed by atoms with Crippen LogP contribution in [0.4, 0.5) is 0 Å². The molecule has 0 bridgehead atoms. The van der Waals surface area contributed by atoms with Crippen LogP contribution in [0.15, 0.2) is 0 Å². The van der Waals surface area contributed by atoms with E-state index in [0.29, 0.717) is 5.41 Å². The van der Waals surface area contributed by atoms with E-state index in [2.05, 4.69) is 13.8 Å². The van der Waals surface area contributed by atoms with Crippen LogP contribution < -0.4 is 0 Å². The van der Waals surface area contributed by atoms with E-state index in [0.717, 1.165) is 25.9 Å². The number of rotatable bonds is 2. The molecule has 1 amide bonds. The molecule has 3 nitrogen and oxygen atoms in total. The van der Waals surface area contributed by atoms with Gasteiger partial charge in [-0.15, -0.1) is 0 Å². The summed E-state index contributed by atoms with van der Waals surface area (Å²) >= 11 is 0. The van der Waals surface area contributed by atoms with Crippen molar-refractivity contribution in [2.75, 3.05) is 19.7 Å². The number of hydrogen-bond donors (Lipinski definition) is 1. The zero-order chi connectivity index (χ0) is 9.90. The Labute approximate surface area is 79.7 Å². The van der Waals surface area contributed by atoms with Gasteiger partial charge in [-0.1, -0.05) is 13.8 Å². The predicted molar refractivity (Wildman–Crippen MR) is 51.3 cm³/mol. The normalized spacial score (nSPS) is 21.6. The molecule has 3 heteroatoms. The van der Waals surface area contributed by atoms with Gasteiger partial charge in [0.05, 0.1) is 6.61 Å². The van der Waals surface area contributed by atoms with Crippen LogP contribution in [0.2, 0.25) is 0 Å². The Morgan fingerprint density at radius 2 is 1.92 bits per heavy atom. The van der Waals surface area contributed by atoms with Crippen LogP contribution in [-0.4, -0.2) is 35.6 Å². The van der Waals surface area contributed by atoms with Crippen molar-refractivity contribution >= 4 is 5.91 Å². The molecule has 76 valence electrons. The van der Waals surface area contributed by atoms with Crippen molar-refractivity contribution in [3.8, 4) is 0 Å². The Hall–Kier alpha value is -0.570. The maximum Gasteiger partial charge on any atom is 0.224 e. The zero-order valence-corrected chi connectivity index (χ0v) is 8.55. The molecule has 0 spiro atoms. The molecule has 1 aliphatic rings. The van der Waals surface area contributed by atoms with Crippen molar-refractivity contribution < 1.29 is 9.90 Å². The fourth-order valence-corrected chi connectivity index (χ4v) is 1.62. The maximum absolute atomic E-state index is 11.4. The number of amides is 1. The number of likely N-dealkylation sites (tertiary alicyclic amines) is 1. The van der Waals surface area contributed by atoms with Gasteiger partial charge in [-0.3, -0.25) is 4.79 Å². The molecule has 1 rings (SSSR count). The van der Waals surface area contributed by atoms with Crippen LogP contribution in [0.5, 0.6) is 0 Å². The highest BCUT2D eigenvalue weighted by molar-refractivity contribution is 5.76. The van der Waals surface area contributed by atoms with Crippen molar-refractivity contribution in [2.45, 2.75) is 33.1 Å². The van der Waals surface area contributed by atoms with Gasteiger partial charge < -0.3 is 10.0 Å². The summed E-state index contributed by atoms with van der Waals surface area (Å²) in [5.74, 6) is 0.0954. The van der Waals surface area contributed by atoms with Crippen molar-refractivity contribution in [3.63, 3.8) is 0 Å². The van der Waals surface area contributed by atoms with E-state index in [1.54, 1.807) is 0 Å². The molecule has 1 N–H and O–H groups in total. The molecular formula is C10H19NO2. The lowest BCUT2D eigenvalue weighted by Gasteiger charge is -2.36. The van der Waals surface area contributed by atoms with Crippen LogP contribution >= 0.6 is 0 Å². The summed E-state index contributed by atoms with van der Waals surface area (Å²) in [7, 11) is 0. The molecule has 0 unspecified atom stereocenters. The smallest absolute Gasteiger partial charge is 0.224 e. The third kappa shape index (κ3) is 2.99. The van der Waals surface area contributed by atoms with Gasteiger partial charge in [0.25, 0.3) is 0 Å². The predicted octanol–water partition coefficient (Wildman–Crippen LogP) is 1.02. The van der Waals surface area contributed by atoms with E-state index in [1.807, 2.05) is 4.90 Å². The van der Waals surface area contributed by atoms with Gasteiger partial charge in [-0.25, -0.2) is 0 Å². The second-order valence-electron chi connectivity index (χ2n) is 4.52. The first kappa shape index (κ1) is 10.5. The lowest BCUT2D eigenvalue weighted by molar-refractivity contribution is -0.133. The summed E-state index contributed by atoms with van der Waals surface area (Å²) in [6.07, 6.45) is 2.43. The first-order chi connectivity index (χ1) is 6.05. The minimum atomic E-state index is -0.0290. The van der Waals surface area contributed by atoms with Gasteiger partial charge in [-0.2, -0.15) is 0 Å². The minimum absolute atomic E-state index is 0.0290. The summed E-state index contributed by atoms with van der Waals surface area (Å²) in [6, 6.07) is 0. The summed E-state index contributed by atoms with van der Waals surface area (Å²) in [5.41, 5.74) is 0.385. The fraction of sp³-hybridized carbons (Fsp3) is 0.900.